The molecule has 5 heteroatoms. The standard InChI is InChI=1S/C19H32N2O3/c1-4-17-13-20(9-10-21(17)11-12-23-3)14-18(22)15-24-19-7-5-16(2)6-8-19/h5-8,17-18,22H,4,9-15H2,1-3H3/t17-,18+/m0/s1. The van der Waals surface area contributed by atoms with Crippen molar-refractivity contribution in [3.63, 3.8) is 0 Å². The Hall–Kier alpha value is -1.14. The highest BCUT2D eigenvalue weighted by Gasteiger charge is 2.26. The van der Waals surface area contributed by atoms with Crippen LogP contribution in [0.2, 0.25) is 0 Å². The van der Waals surface area contributed by atoms with E-state index in [0.717, 1.165) is 45.0 Å². The van der Waals surface area contributed by atoms with Crippen molar-refractivity contribution in [2.24, 2.45) is 0 Å². The quantitative estimate of drug-likeness (QED) is 0.745. The second-order valence-corrected chi connectivity index (χ2v) is 6.63. The molecule has 0 bridgehead atoms. The molecule has 0 spiro atoms. The Bertz CT molecular complexity index is 466. The van der Waals surface area contributed by atoms with Gasteiger partial charge in [-0.05, 0) is 25.5 Å². The van der Waals surface area contributed by atoms with Gasteiger partial charge in [-0.3, -0.25) is 9.80 Å². The van der Waals surface area contributed by atoms with E-state index in [-0.39, 0.29) is 0 Å². The van der Waals surface area contributed by atoms with Crippen LogP contribution in [0.5, 0.6) is 5.75 Å². The molecule has 2 atom stereocenters. The molecule has 24 heavy (non-hydrogen) atoms. The second kappa shape index (κ2) is 9.99. The number of β-amino-alcohol motifs (C(OH)–C–C–N with tert-alkyl or cyclic N) is 1. The highest BCUT2D eigenvalue weighted by atomic mass is 16.5. The molecule has 136 valence electrons. The molecular weight excluding hydrogens is 304 g/mol. The first-order chi connectivity index (χ1) is 11.6. The Morgan fingerprint density at radius 2 is 2.00 bits per heavy atom. The zero-order valence-corrected chi connectivity index (χ0v) is 15.3. The van der Waals surface area contributed by atoms with Crippen molar-refractivity contribution in [3.8, 4) is 5.75 Å². The second-order valence-electron chi connectivity index (χ2n) is 6.63. The molecule has 0 radical (unpaired) electrons. The van der Waals surface area contributed by atoms with Crippen molar-refractivity contribution in [3.05, 3.63) is 29.8 Å². The van der Waals surface area contributed by atoms with Gasteiger partial charge in [-0.1, -0.05) is 24.6 Å². The van der Waals surface area contributed by atoms with Crippen LogP contribution in [0.3, 0.4) is 0 Å². The van der Waals surface area contributed by atoms with Gasteiger partial charge in [0.2, 0.25) is 0 Å². The van der Waals surface area contributed by atoms with Crippen molar-refractivity contribution in [1.29, 1.82) is 0 Å². The van der Waals surface area contributed by atoms with E-state index in [0.29, 0.717) is 19.2 Å². The van der Waals surface area contributed by atoms with Gasteiger partial charge in [0.1, 0.15) is 18.5 Å². The van der Waals surface area contributed by atoms with E-state index >= 15 is 0 Å². The Balaban J connectivity index is 1.73. The molecule has 0 saturated carbocycles. The van der Waals surface area contributed by atoms with Gasteiger partial charge in [0.15, 0.2) is 0 Å². The number of hydrogen-bond donors (Lipinski definition) is 1. The summed E-state index contributed by atoms with van der Waals surface area (Å²) < 4.78 is 10.9. The van der Waals surface area contributed by atoms with Crippen LogP contribution in [0.4, 0.5) is 0 Å². The maximum absolute atomic E-state index is 10.3. The van der Waals surface area contributed by atoms with Gasteiger partial charge >= 0.3 is 0 Å². The number of piperazine rings is 1. The molecule has 0 unspecified atom stereocenters. The van der Waals surface area contributed by atoms with Gasteiger partial charge in [-0.15, -0.1) is 0 Å². The normalized spacial score (nSPS) is 20.9. The van der Waals surface area contributed by atoms with Gasteiger partial charge < -0.3 is 14.6 Å². The topological polar surface area (TPSA) is 45.2 Å². The molecule has 0 aromatic heterocycles. The first-order valence-electron chi connectivity index (χ1n) is 8.95. The molecule has 1 saturated heterocycles. The average molecular weight is 336 g/mol. The highest BCUT2D eigenvalue weighted by molar-refractivity contribution is 5.26. The number of aryl methyl sites for hydroxylation is 1. The lowest BCUT2D eigenvalue weighted by Gasteiger charge is -2.41. The SMILES string of the molecule is CC[C@H]1CN(C[C@@H](O)COc2ccc(C)cc2)CCN1CCOC. The minimum Gasteiger partial charge on any atom is -0.491 e. The van der Waals surface area contributed by atoms with Crippen LogP contribution in [-0.2, 0) is 4.74 Å². The van der Waals surface area contributed by atoms with E-state index in [1.54, 1.807) is 7.11 Å². The largest absolute Gasteiger partial charge is 0.491 e. The van der Waals surface area contributed by atoms with Gasteiger partial charge in [-0.2, -0.15) is 0 Å². The Kier molecular flexibility index (Phi) is 7.99. The number of hydrogen-bond acceptors (Lipinski definition) is 5. The summed E-state index contributed by atoms with van der Waals surface area (Å²) in [6, 6.07) is 8.48. The summed E-state index contributed by atoms with van der Waals surface area (Å²) in [5, 5.41) is 10.3. The first kappa shape index (κ1) is 19.2. The maximum Gasteiger partial charge on any atom is 0.119 e. The smallest absolute Gasteiger partial charge is 0.119 e. The summed E-state index contributed by atoms with van der Waals surface area (Å²) in [5.41, 5.74) is 1.21. The molecule has 1 aliphatic rings. The lowest BCUT2D eigenvalue weighted by molar-refractivity contribution is 0.0148. The fourth-order valence-electron chi connectivity index (χ4n) is 3.19. The summed E-state index contributed by atoms with van der Waals surface area (Å²) in [5.74, 6) is 0.815. The summed E-state index contributed by atoms with van der Waals surface area (Å²) >= 11 is 0. The van der Waals surface area contributed by atoms with Crippen LogP contribution in [0.25, 0.3) is 0 Å². The third-order valence-corrected chi connectivity index (χ3v) is 4.67. The fourth-order valence-corrected chi connectivity index (χ4v) is 3.19. The van der Waals surface area contributed by atoms with Crippen LogP contribution < -0.4 is 4.74 Å². The number of aliphatic hydroxyl groups is 1. The minimum atomic E-state index is -0.464. The van der Waals surface area contributed by atoms with E-state index in [2.05, 4.69) is 23.6 Å². The van der Waals surface area contributed by atoms with Gasteiger partial charge in [-0.25, -0.2) is 0 Å². The molecule has 1 aromatic carbocycles. The number of rotatable bonds is 9. The fraction of sp³-hybridized carbons (Fsp3) is 0.684. The van der Waals surface area contributed by atoms with Crippen molar-refractivity contribution < 1.29 is 14.6 Å². The predicted octanol–water partition coefficient (Wildman–Crippen LogP) is 1.78. The molecule has 1 N–H and O–H groups in total. The molecular formula is C19H32N2O3. The van der Waals surface area contributed by atoms with Gasteiger partial charge in [0, 0.05) is 45.9 Å². The van der Waals surface area contributed by atoms with E-state index < -0.39 is 6.10 Å². The molecule has 5 nitrogen and oxygen atoms in total. The van der Waals surface area contributed by atoms with Crippen LogP contribution >= 0.6 is 0 Å². The Morgan fingerprint density at radius 3 is 2.67 bits per heavy atom. The van der Waals surface area contributed by atoms with Crippen LogP contribution in [-0.4, -0.2) is 80.1 Å². The molecule has 1 aliphatic heterocycles. The zero-order valence-electron chi connectivity index (χ0n) is 15.3. The van der Waals surface area contributed by atoms with Crippen molar-refractivity contribution >= 4 is 0 Å². The maximum atomic E-state index is 10.3. The molecule has 2 rings (SSSR count). The number of ether oxygens (including phenoxy) is 2. The monoisotopic (exact) mass is 336 g/mol. The van der Waals surface area contributed by atoms with Crippen molar-refractivity contribution in [2.75, 3.05) is 53.0 Å². The predicted molar refractivity (Wildman–Crippen MR) is 96.6 cm³/mol. The molecule has 1 aromatic rings. The highest BCUT2D eigenvalue weighted by Crippen LogP contribution is 2.14. The van der Waals surface area contributed by atoms with Crippen LogP contribution in [0.15, 0.2) is 24.3 Å². The average Bonchev–Trinajstić information content (AvgIpc) is 2.60. The number of benzene rings is 1. The zero-order chi connectivity index (χ0) is 17.4. The third kappa shape index (κ3) is 6.06. The van der Waals surface area contributed by atoms with Crippen molar-refractivity contribution in [2.45, 2.75) is 32.4 Å². The number of methoxy groups -OCH3 is 1. The molecule has 1 fully saturated rings. The summed E-state index contributed by atoms with van der Waals surface area (Å²) in [4.78, 5) is 4.84. The van der Waals surface area contributed by atoms with E-state index in [1.807, 2.05) is 24.3 Å². The van der Waals surface area contributed by atoms with Crippen LogP contribution in [0, 0.1) is 6.92 Å². The van der Waals surface area contributed by atoms with E-state index in [4.69, 9.17) is 9.47 Å². The lowest BCUT2D eigenvalue weighted by atomic mass is 10.1. The molecule has 1 heterocycles. The van der Waals surface area contributed by atoms with Gasteiger partial charge in [0.05, 0.1) is 6.61 Å². The minimum absolute atomic E-state index is 0.337. The molecule has 0 amide bonds. The van der Waals surface area contributed by atoms with Gasteiger partial charge in [0.25, 0.3) is 0 Å². The lowest BCUT2D eigenvalue weighted by Crippen LogP contribution is -2.55. The Morgan fingerprint density at radius 1 is 1.25 bits per heavy atom. The van der Waals surface area contributed by atoms with E-state index in [9.17, 15) is 5.11 Å². The third-order valence-electron chi connectivity index (χ3n) is 4.67. The first-order valence-corrected chi connectivity index (χ1v) is 8.95. The number of aliphatic hydroxyl groups excluding tert-OH is 1. The number of nitrogens with zero attached hydrogens (tertiary/aromatic N) is 2. The summed E-state index contributed by atoms with van der Waals surface area (Å²) in [7, 11) is 1.75. The molecule has 0 aliphatic carbocycles. The summed E-state index contributed by atoms with van der Waals surface area (Å²) in [6.45, 7) is 10.1. The Labute approximate surface area is 146 Å². The van der Waals surface area contributed by atoms with E-state index in [1.165, 1.54) is 5.56 Å². The van der Waals surface area contributed by atoms with Crippen LogP contribution in [0.1, 0.15) is 18.9 Å². The summed E-state index contributed by atoms with van der Waals surface area (Å²) in [6.07, 6.45) is 0.658. The van der Waals surface area contributed by atoms with Crippen molar-refractivity contribution in [1.82, 2.24) is 9.80 Å².